The van der Waals surface area contributed by atoms with Crippen molar-refractivity contribution in [3.8, 4) is 5.75 Å². The van der Waals surface area contributed by atoms with E-state index in [-0.39, 0.29) is 5.69 Å². The van der Waals surface area contributed by atoms with Crippen LogP contribution >= 0.6 is 0 Å². The molecule has 1 amide bonds. The summed E-state index contributed by atoms with van der Waals surface area (Å²) in [5, 5.41) is 4.37. The fourth-order valence-electron chi connectivity index (χ4n) is 3.47. The average molecular weight is 377 g/mol. The van der Waals surface area contributed by atoms with Crippen LogP contribution in [0.4, 0.5) is 5.95 Å². The lowest BCUT2D eigenvalue weighted by Crippen LogP contribution is -2.23. The maximum Gasteiger partial charge on any atom is 0.267 e. The molecule has 1 saturated carbocycles. The number of carbonyl (C=O) groups excluding carboxylic acids is 1. The van der Waals surface area contributed by atoms with Gasteiger partial charge in [0, 0.05) is 23.8 Å². The van der Waals surface area contributed by atoms with E-state index in [0.717, 1.165) is 16.5 Å². The molecule has 1 aliphatic rings. The van der Waals surface area contributed by atoms with Gasteiger partial charge < -0.3 is 15.8 Å². The van der Waals surface area contributed by atoms with Crippen LogP contribution in [-0.2, 0) is 6.61 Å². The Kier molecular flexibility index (Phi) is 5.32. The lowest BCUT2D eigenvalue weighted by molar-refractivity contribution is 0.0995. The highest BCUT2D eigenvalue weighted by Crippen LogP contribution is 2.23. The quantitative estimate of drug-likeness (QED) is 0.682. The van der Waals surface area contributed by atoms with Crippen LogP contribution in [0.1, 0.15) is 48.2 Å². The third-order valence-corrected chi connectivity index (χ3v) is 4.97. The first kappa shape index (κ1) is 18.2. The van der Waals surface area contributed by atoms with Gasteiger partial charge in [-0.05, 0) is 48.7 Å². The highest BCUT2D eigenvalue weighted by Gasteiger charge is 2.14. The van der Waals surface area contributed by atoms with Crippen molar-refractivity contribution in [3.05, 3.63) is 54.0 Å². The molecular weight excluding hydrogens is 354 g/mol. The van der Waals surface area contributed by atoms with E-state index in [9.17, 15) is 4.79 Å². The van der Waals surface area contributed by atoms with Crippen molar-refractivity contribution in [3.63, 3.8) is 0 Å². The van der Waals surface area contributed by atoms with Gasteiger partial charge in [0.1, 0.15) is 18.1 Å². The second-order valence-electron chi connectivity index (χ2n) is 7.10. The second-order valence-corrected chi connectivity index (χ2v) is 7.10. The molecule has 1 aromatic carbocycles. The molecule has 1 aliphatic carbocycles. The first-order valence-corrected chi connectivity index (χ1v) is 9.58. The zero-order valence-corrected chi connectivity index (χ0v) is 15.6. The molecule has 0 aliphatic heterocycles. The Balaban J connectivity index is 1.43. The van der Waals surface area contributed by atoms with Crippen LogP contribution < -0.4 is 15.8 Å². The smallest absolute Gasteiger partial charge is 0.267 e. The molecule has 28 heavy (non-hydrogen) atoms. The molecule has 0 bridgehead atoms. The first-order chi connectivity index (χ1) is 13.7. The number of anilines is 1. The van der Waals surface area contributed by atoms with Crippen molar-refractivity contribution in [2.45, 2.75) is 44.8 Å². The van der Waals surface area contributed by atoms with Crippen LogP contribution in [0.5, 0.6) is 5.75 Å². The number of nitrogens with one attached hydrogen (secondary N) is 1. The third-order valence-electron chi connectivity index (χ3n) is 4.97. The summed E-state index contributed by atoms with van der Waals surface area (Å²) in [6, 6.07) is 9.63. The Labute approximate surface area is 163 Å². The molecule has 7 heteroatoms. The van der Waals surface area contributed by atoms with Crippen LogP contribution in [-0.4, -0.2) is 26.9 Å². The minimum atomic E-state index is -0.553. The maximum absolute atomic E-state index is 11.2. The highest BCUT2D eigenvalue weighted by atomic mass is 16.5. The van der Waals surface area contributed by atoms with Crippen molar-refractivity contribution in [2.24, 2.45) is 5.73 Å². The first-order valence-electron chi connectivity index (χ1n) is 9.58. The van der Waals surface area contributed by atoms with Crippen molar-refractivity contribution in [1.82, 2.24) is 15.0 Å². The molecular formula is C21H23N5O2. The van der Waals surface area contributed by atoms with Crippen LogP contribution in [0.15, 0.2) is 42.7 Å². The summed E-state index contributed by atoms with van der Waals surface area (Å²) < 4.78 is 5.84. The van der Waals surface area contributed by atoms with Gasteiger partial charge in [0.05, 0.1) is 5.52 Å². The number of rotatable bonds is 6. The number of amides is 1. The highest BCUT2D eigenvalue weighted by molar-refractivity contribution is 5.90. The van der Waals surface area contributed by atoms with Gasteiger partial charge in [0.15, 0.2) is 0 Å². The molecule has 0 saturated heterocycles. The number of fused-ring (bicyclic) bond motifs is 1. The number of hydrogen-bond acceptors (Lipinski definition) is 6. The van der Waals surface area contributed by atoms with Crippen LogP contribution in [0.25, 0.3) is 10.9 Å². The topological polar surface area (TPSA) is 103 Å². The Hall–Kier alpha value is -3.22. The van der Waals surface area contributed by atoms with Gasteiger partial charge in [0.25, 0.3) is 5.91 Å². The van der Waals surface area contributed by atoms with Gasteiger partial charge in [-0.3, -0.25) is 9.78 Å². The lowest BCUT2D eigenvalue weighted by atomic mass is 9.96. The summed E-state index contributed by atoms with van der Waals surface area (Å²) in [6.07, 6.45) is 9.59. The van der Waals surface area contributed by atoms with Crippen LogP contribution in [0, 0.1) is 0 Å². The van der Waals surface area contributed by atoms with E-state index in [1.807, 2.05) is 24.4 Å². The predicted molar refractivity (Wildman–Crippen MR) is 107 cm³/mol. The van der Waals surface area contributed by atoms with Gasteiger partial charge in [0.2, 0.25) is 5.95 Å². The SMILES string of the molecule is NC(=O)c1cc(COc2ccc3nc(NC4CCCCC4)ncc3c2)ccn1. The number of pyridine rings is 1. The van der Waals surface area contributed by atoms with Crippen LogP contribution in [0.3, 0.4) is 0 Å². The molecule has 0 radical (unpaired) electrons. The number of nitrogens with zero attached hydrogens (tertiary/aromatic N) is 3. The van der Waals surface area contributed by atoms with Gasteiger partial charge in [-0.25, -0.2) is 9.97 Å². The number of benzene rings is 1. The molecule has 144 valence electrons. The molecule has 2 aromatic heterocycles. The van der Waals surface area contributed by atoms with Gasteiger partial charge >= 0.3 is 0 Å². The largest absolute Gasteiger partial charge is 0.489 e. The summed E-state index contributed by atoms with van der Waals surface area (Å²) >= 11 is 0. The Morgan fingerprint density at radius 3 is 2.82 bits per heavy atom. The molecule has 7 nitrogen and oxygen atoms in total. The van der Waals surface area contributed by atoms with E-state index >= 15 is 0 Å². The van der Waals surface area contributed by atoms with E-state index in [1.165, 1.54) is 32.1 Å². The Morgan fingerprint density at radius 1 is 1.14 bits per heavy atom. The molecule has 3 N–H and O–H groups in total. The van der Waals surface area contributed by atoms with E-state index in [4.69, 9.17) is 10.5 Å². The Morgan fingerprint density at radius 2 is 2.00 bits per heavy atom. The molecule has 3 aromatic rings. The molecule has 2 heterocycles. The van der Waals surface area contributed by atoms with Crippen LogP contribution in [0.2, 0.25) is 0 Å². The van der Waals surface area contributed by atoms with Crippen molar-refractivity contribution < 1.29 is 9.53 Å². The number of carbonyl (C=O) groups is 1. The standard InChI is InChI=1S/C21H23N5O2/c22-20(27)19-10-14(8-9-23-19)13-28-17-6-7-18-15(11-17)12-24-21(26-18)25-16-4-2-1-3-5-16/h6-12,16H,1-5,13H2,(H2,22,27)(H,24,25,26). The van der Waals surface area contributed by atoms with E-state index in [0.29, 0.717) is 24.3 Å². The average Bonchev–Trinajstić information content (AvgIpc) is 2.73. The molecule has 0 unspecified atom stereocenters. The summed E-state index contributed by atoms with van der Waals surface area (Å²) in [6.45, 7) is 0.316. The van der Waals surface area contributed by atoms with Crippen molar-refractivity contribution in [2.75, 3.05) is 5.32 Å². The zero-order valence-electron chi connectivity index (χ0n) is 15.6. The van der Waals surface area contributed by atoms with E-state index in [1.54, 1.807) is 18.3 Å². The number of aromatic nitrogens is 3. The minimum absolute atomic E-state index is 0.228. The third kappa shape index (κ3) is 4.36. The number of hydrogen-bond donors (Lipinski definition) is 2. The minimum Gasteiger partial charge on any atom is -0.489 e. The summed E-state index contributed by atoms with van der Waals surface area (Å²) in [7, 11) is 0. The van der Waals surface area contributed by atoms with Gasteiger partial charge in [-0.15, -0.1) is 0 Å². The molecule has 0 atom stereocenters. The predicted octanol–water partition coefficient (Wildman–Crippen LogP) is 3.45. The number of ether oxygens (including phenoxy) is 1. The fourth-order valence-corrected chi connectivity index (χ4v) is 3.47. The fraction of sp³-hybridized carbons (Fsp3) is 0.333. The van der Waals surface area contributed by atoms with Gasteiger partial charge in [-0.2, -0.15) is 0 Å². The normalized spacial score (nSPS) is 14.7. The maximum atomic E-state index is 11.2. The number of primary amides is 1. The molecule has 1 fully saturated rings. The molecule has 4 rings (SSSR count). The van der Waals surface area contributed by atoms with Crippen molar-refractivity contribution in [1.29, 1.82) is 0 Å². The number of nitrogens with two attached hydrogens (primary N) is 1. The summed E-state index contributed by atoms with van der Waals surface area (Å²) in [5.41, 5.74) is 7.19. The second kappa shape index (κ2) is 8.21. The van der Waals surface area contributed by atoms with Crippen molar-refractivity contribution >= 4 is 22.8 Å². The van der Waals surface area contributed by atoms with E-state index in [2.05, 4.69) is 20.3 Å². The molecule has 0 spiro atoms. The summed E-state index contributed by atoms with van der Waals surface area (Å²) in [5.74, 6) is 0.840. The van der Waals surface area contributed by atoms with E-state index < -0.39 is 5.91 Å². The monoisotopic (exact) mass is 377 g/mol. The van der Waals surface area contributed by atoms with Gasteiger partial charge in [-0.1, -0.05) is 19.3 Å². The Bertz CT molecular complexity index is 985. The lowest BCUT2D eigenvalue weighted by Gasteiger charge is -2.22. The summed E-state index contributed by atoms with van der Waals surface area (Å²) in [4.78, 5) is 24.2. The zero-order chi connectivity index (χ0) is 19.3.